The van der Waals surface area contributed by atoms with Gasteiger partial charge in [0, 0.05) is 13.3 Å². The zero-order valence-corrected chi connectivity index (χ0v) is 26.7. The summed E-state index contributed by atoms with van der Waals surface area (Å²) < 4.78 is 43.8. The number of imidazole rings is 1. The number of carbonyl (C=O) groups excluding carboxylic acids is 1. The van der Waals surface area contributed by atoms with Gasteiger partial charge < -0.3 is 29.4 Å². The number of nitrogens with one attached hydrogen (secondary N) is 1. The van der Waals surface area contributed by atoms with Crippen molar-refractivity contribution in [3.8, 4) is 11.5 Å². The molecular weight excluding hydrogens is 627 g/mol. The molecule has 1 fully saturated rings. The lowest BCUT2D eigenvalue weighted by molar-refractivity contribution is -0.0931. The van der Waals surface area contributed by atoms with Gasteiger partial charge >= 0.3 is 0 Å². The van der Waals surface area contributed by atoms with Crippen molar-refractivity contribution in [3.05, 3.63) is 144 Å². The fourth-order valence-corrected chi connectivity index (χ4v) is 5.93. The smallest absolute Gasteiger partial charge is 0.256 e. The number of aliphatic hydroxyl groups is 1. The number of fused-ring (bicyclic) bond motifs is 1. The summed E-state index contributed by atoms with van der Waals surface area (Å²) in [5.41, 5.74) is 1.77. The first-order valence-corrected chi connectivity index (χ1v) is 15.6. The van der Waals surface area contributed by atoms with Crippen LogP contribution in [0.2, 0.25) is 0 Å². The molecule has 0 saturated carbocycles. The van der Waals surface area contributed by atoms with Crippen LogP contribution in [-0.4, -0.2) is 63.5 Å². The molecular formula is C38H35N5O6. The number of hydrogen-bond acceptors (Lipinski definition) is 9. The van der Waals surface area contributed by atoms with Gasteiger partial charge in [-0.2, -0.15) is 0 Å². The summed E-state index contributed by atoms with van der Waals surface area (Å²) in [5, 5.41) is 14.2. The number of carbonyl (C=O) groups is 1. The van der Waals surface area contributed by atoms with Crippen molar-refractivity contribution in [2.45, 2.75) is 30.4 Å². The highest BCUT2D eigenvalue weighted by Gasteiger charge is 2.42. The first-order chi connectivity index (χ1) is 24.8. The van der Waals surface area contributed by atoms with E-state index in [2.05, 4.69) is 20.3 Å². The van der Waals surface area contributed by atoms with Gasteiger partial charge in [0.05, 0.1) is 34.6 Å². The Morgan fingerprint density at radius 1 is 0.898 bits per heavy atom. The highest BCUT2D eigenvalue weighted by molar-refractivity contribution is 6.06. The summed E-state index contributed by atoms with van der Waals surface area (Å²) in [7, 11) is 3.17. The molecule has 0 spiro atoms. The van der Waals surface area contributed by atoms with E-state index in [1.165, 1.54) is 17.2 Å². The molecule has 248 valence electrons. The maximum Gasteiger partial charge on any atom is 0.256 e. The number of hydrogen-bond donors (Lipinski definition) is 2. The minimum atomic E-state index is -1.49. The monoisotopic (exact) mass is 664 g/mol. The molecule has 6 aromatic rings. The zero-order chi connectivity index (χ0) is 35.5. The van der Waals surface area contributed by atoms with Gasteiger partial charge in [-0.1, -0.05) is 72.8 Å². The lowest BCUT2D eigenvalue weighted by Gasteiger charge is -2.37. The summed E-state index contributed by atoms with van der Waals surface area (Å²) in [6.45, 7) is -1.49. The van der Waals surface area contributed by atoms with E-state index in [4.69, 9.17) is 20.3 Å². The second kappa shape index (κ2) is 13.9. The molecule has 5 atom stereocenters. The normalized spacial score (nSPS) is 20.3. The number of aliphatic hydroxyl groups excluding tert-OH is 1. The Hall–Kier alpha value is -5.62. The maximum absolute atomic E-state index is 12.9. The van der Waals surface area contributed by atoms with Crippen molar-refractivity contribution in [1.82, 2.24) is 19.5 Å². The maximum atomic E-state index is 12.9. The molecule has 2 N–H and O–H groups in total. The quantitative estimate of drug-likeness (QED) is 0.131. The molecule has 1 amide bonds. The standard InChI is InChI=1S/C38H35N5O6/c1-46-29-17-13-27(14-18-29)38(26-11-7-4-8-12-26,28-15-19-30(47-2)20-16-28)48-22-32-31(44)21-33(49-32)43-24-41-34-35(39-23-40-36(34)43)42-37(45)25-9-5-3-6-10-25/h3-20,23-24,31-33,44H,21-22H2,1-2H3,(H,39,40,42,45)/t31-,32+,33+/m0/s1/i21+1D,22+1D,31+1,32+1,33+1/t21-,22?,31+,32-,33-/m1. The molecule has 2 aromatic heterocycles. The molecule has 3 heterocycles. The van der Waals surface area contributed by atoms with Crippen LogP contribution in [0, 0.1) is 0 Å². The van der Waals surface area contributed by atoms with Crippen molar-refractivity contribution >= 4 is 22.9 Å². The molecule has 0 bridgehead atoms. The second-order valence-corrected chi connectivity index (χ2v) is 11.3. The van der Waals surface area contributed by atoms with Crippen LogP contribution in [0.5, 0.6) is 11.5 Å². The Bertz CT molecular complexity index is 2050. The van der Waals surface area contributed by atoms with Crippen molar-refractivity contribution in [2.24, 2.45) is 0 Å². The van der Waals surface area contributed by atoms with Crippen LogP contribution >= 0.6 is 0 Å². The van der Waals surface area contributed by atoms with Crippen LogP contribution in [0.15, 0.2) is 122 Å². The van der Waals surface area contributed by atoms with E-state index >= 15 is 0 Å². The van der Waals surface area contributed by atoms with E-state index in [0.29, 0.717) is 28.2 Å². The van der Waals surface area contributed by atoms with Crippen LogP contribution in [-0.2, 0) is 15.1 Å². The van der Waals surface area contributed by atoms with Crippen LogP contribution in [0.3, 0.4) is 0 Å². The van der Waals surface area contributed by atoms with Gasteiger partial charge in [0.2, 0.25) is 0 Å². The van der Waals surface area contributed by atoms with E-state index in [0.717, 1.165) is 5.56 Å². The Labute approximate surface area is 285 Å². The third kappa shape index (κ3) is 6.22. The molecule has 1 aliphatic rings. The molecule has 1 aliphatic heterocycles. The third-order valence-electron chi connectivity index (χ3n) is 8.45. The molecule has 7 rings (SSSR count). The topological polar surface area (TPSA) is 130 Å². The minimum absolute atomic E-state index is 0.178. The highest BCUT2D eigenvalue weighted by Crippen LogP contribution is 2.43. The number of methoxy groups -OCH3 is 2. The zero-order valence-electron chi connectivity index (χ0n) is 28.7. The van der Waals surface area contributed by atoms with E-state index < -0.39 is 37.0 Å². The van der Waals surface area contributed by atoms with Gasteiger partial charge in [0.1, 0.15) is 35.8 Å². The van der Waals surface area contributed by atoms with Crippen molar-refractivity contribution in [3.63, 3.8) is 0 Å². The molecule has 0 radical (unpaired) electrons. The predicted molar refractivity (Wildman–Crippen MR) is 183 cm³/mol. The summed E-state index contributed by atoms with van der Waals surface area (Å²) >= 11 is 0. The van der Waals surface area contributed by atoms with Crippen LogP contribution in [0.4, 0.5) is 5.82 Å². The summed E-state index contributed by atoms with van der Waals surface area (Å²) in [5.74, 6) is 1.09. The van der Waals surface area contributed by atoms with Gasteiger partial charge in [-0.25, -0.2) is 15.0 Å². The van der Waals surface area contributed by atoms with E-state index in [-0.39, 0.29) is 22.9 Å². The average Bonchev–Trinajstić information content (AvgIpc) is 3.75. The minimum Gasteiger partial charge on any atom is -0.497 e. The highest BCUT2D eigenvalue weighted by atomic mass is 16.7. The number of ether oxygens (including phenoxy) is 4. The first kappa shape index (κ1) is 29.5. The molecule has 49 heavy (non-hydrogen) atoms. The Morgan fingerprint density at radius 2 is 1.49 bits per heavy atom. The van der Waals surface area contributed by atoms with Crippen LogP contribution in [0.1, 0.15) is 42.4 Å². The summed E-state index contributed by atoms with van der Waals surface area (Å²) in [6, 6.07) is 32.9. The third-order valence-corrected chi connectivity index (χ3v) is 8.45. The van der Waals surface area contributed by atoms with Crippen LogP contribution < -0.4 is 14.8 Å². The SMILES string of the molecule is [2H][13CH](OC(c1ccccc1)(c1ccc(OC)cc1)c1ccc(OC)cc1)[13C@H]1O[13C@@H](n2cnc3c(NC(=O)c4ccccc4)ncnc32)[13C@H]([2H])[13C@@H]1O. The number of anilines is 1. The molecule has 0 aliphatic carbocycles. The molecule has 1 unspecified atom stereocenters. The summed E-state index contributed by atoms with van der Waals surface area (Å²) in [6.07, 6.45) is -2.32. The van der Waals surface area contributed by atoms with Crippen molar-refractivity contribution < 1.29 is 31.6 Å². The van der Waals surface area contributed by atoms with Gasteiger partial charge in [-0.3, -0.25) is 9.36 Å². The fraction of sp³-hybridized carbons (Fsp3) is 0.211. The van der Waals surface area contributed by atoms with E-state index in [9.17, 15) is 11.3 Å². The second-order valence-electron chi connectivity index (χ2n) is 11.3. The molecule has 4 aromatic carbocycles. The van der Waals surface area contributed by atoms with Crippen molar-refractivity contribution in [1.29, 1.82) is 0 Å². The first-order valence-electron chi connectivity index (χ1n) is 16.7. The molecule has 1 saturated heterocycles. The molecule has 11 nitrogen and oxygen atoms in total. The Morgan fingerprint density at radius 3 is 2.10 bits per heavy atom. The lowest BCUT2D eigenvalue weighted by Crippen LogP contribution is -2.38. The number of aromatic nitrogens is 4. The Kier molecular flexibility index (Phi) is 8.34. The largest absolute Gasteiger partial charge is 0.497 e. The fourth-order valence-electron chi connectivity index (χ4n) is 5.93. The van der Waals surface area contributed by atoms with Gasteiger partial charge in [-0.05, 0) is 53.1 Å². The van der Waals surface area contributed by atoms with Crippen LogP contribution in [0.25, 0.3) is 11.2 Å². The summed E-state index contributed by atoms with van der Waals surface area (Å²) in [4.78, 5) is 25.9. The van der Waals surface area contributed by atoms with Gasteiger partial charge in [0.25, 0.3) is 5.91 Å². The van der Waals surface area contributed by atoms with Gasteiger partial charge in [-0.15, -0.1) is 0 Å². The van der Waals surface area contributed by atoms with Crippen molar-refractivity contribution in [2.75, 3.05) is 26.1 Å². The van der Waals surface area contributed by atoms with E-state index in [1.807, 2.05) is 84.9 Å². The number of rotatable bonds is 11. The molecule has 11 heteroatoms. The number of benzene rings is 4. The predicted octanol–water partition coefficient (Wildman–Crippen LogP) is 5.75. The average molecular weight is 665 g/mol. The number of amides is 1. The Balaban J connectivity index is 1.23. The lowest BCUT2D eigenvalue weighted by atomic mass is 9.80. The van der Waals surface area contributed by atoms with Gasteiger partial charge in [0.15, 0.2) is 17.0 Å². The number of nitrogens with zero attached hydrogens (tertiary/aromatic N) is 4. The van der Waals surface area contributed by atoms with E-state index in [1.54, 1.807) is 38.5 Å².